The molecular formula is C12H17Cl2N3. The molecule has 0 spiro atoms. The molecule has 1 aliphatic rings. The van der Waals surface area contributed by atoms with Crippen molar-refractivity contribution >= 4 is 29.0 Å². The Balaban J connectivity index is 2.00. The lowest BCUT2D eigenvalue weighted by Crippen LogP contribution is -2.34. The zero-order chi connectivity index (χ0) is 12.3. The third-order valence-electron chi connectivity index (χ3n) is 3.14. The van der Waals surface area contributed by atoms with Crippen molar-refractivity contribution in [1.29, 1.82) is 0 Å². The van der Waals surface area contributed by atoms with Gasteiger partial charge in [-0.25, -0.2) is 4.98 Å². The Hall–Kier alpha value is -0.510. The molecule has 2 heterocycles. The maximum absolute atomic E-state index is 6.14. The summed E-state index contributed by atoms with van der Waals surface area (Å²) >= 11 is 12.0. The number of pyridine rings is 1. The Bertz CT molecular complexity index is 378. The van der Waals surface area contributed by atoms with Crippen LogP contribution < -0.4 is 10.2 Å². The first-order valence-electron chi connectivity index (χ1n) is 5.89. The summed E-state index contributed by atoms with van der Waals surface area (Å²) in [5.74, 6) is 1.53. The van der Waals surface area contributed by atoms with Crippen molar-refractivity contribution in [3.05, 3.63) is 22.3 Å². The van der Waals surface area contributed by atoms with Crippen LogP contribution in [0, 0.1) is 5.92 Å². The molecule has 0 bridgehead atoms. The van der Waals surface area contributed by atoms with E-state index in [1.54, 1.807) is 12.3 Å². The number of hydrogen-bond acceptors (Lipinski definition) is 3. The summed E-state index contributed by atoms with van der Waals surface area (Å²) in [6, 6.07) is 1.74. The molecular weight excluding hydrogens is 257 g/mol. The van der Waals surface area contributed by atoms with E-state index in [1.165, 1.54) is 12.8 Å². The van der Waals surface area contributed by atoms with E-state index >= 15 is 0 Å². The van der Waals surface area contributed by atoms with Crippen molar-refractivity contribution < 1.29 is 0 Å². The summed E-state index contributed by atoms with van der Waals surface area (Å²) in [7, 11) is 2.03. The average Bonchev–Trinajstić information content (AvgIpc) is 2.30. The van der Waals surface area contributed by atoms with Gasteiger partial charge < -0.3 is 10.2 Å². The second-order valence-electron chi connectivity index (χ2n) is 4.53. The predicted molar refractivity (Wildman–Crippen MR) is 73.1 cm³/mol. The van der Waals surface area contributed by atoms with E-state index in [-0.39, 0.29) is 0 Å². The molecule has 0 saturated carbocycles. The highest BCUT2D eigenvalue weighted by atomic mass is 35.5. The van der Waals surface area contributed by atoms with Crippen LogP contribution >= 0.6 is 23.2 Å². The summed E-state index contributed by atoms with van der Waals surface area (Å²) in [5, 5.41) is 4.57. The number of piperidine rings is 1. The van der Waals surface area contributed by atoms with Crippen LogP contribution in [-0.4, -0.2) is 31.7 Å². The van der Waals surface area contributed by atoms with Crippen LogP contribution in [0.2, 0.25) is 10.0 Å². The first-order chi connectivity index (χ1) is 8.16. The van der Waals surface area contributed by atoms with Gasteiger partial charge in [0, 0.05) is 19.8 Å². The van der Waals surface area contributed by atoms with E-state index in [1.807, 2.05) is 7.05 Å². The minimum atomic E-state index is 0.578. The van der Waals surface area contributed by atoms with Crippen molar-refractivity contribution in [1.82, 2.24) is 10.3 Å². The quantitative estimate of drug-likeness (QED) is 0.918. The minimum absolute atomic E-state index is 0.578. The predicted octanol–water partition coefficient (Wildman–Crippen LogP) is 2.82. The molecule has 1 saturated heterocycles. The van der Waals surface area contributed by atoms with Gasteiger partial charge in [-0.05, 0) is 37.9 Å². The molecule has 1 N–H and O–H groups in total. The highest BCUT2D eigenvalue weighted by molar-refractivity contribution is 6.35. The number of aromatic nitrogens is 1. The van der Waals surface area contributed by atoms with Crippen molar-refractivity contribution in [2.75, 3.05) is 31.6 Å². The monoisotopic (exact) mass is 273 g/mol. The molecule has 1 aromatic heterocycles. The fraction of sp³-hybridized carbons (Fsp3) is 0.583. The molecule has 1 aliphatic heterocycles. The normalized spacial score (nSPS) is 17.1. The van der Waals surface area contributed by atoms with Gasteiger partial charge in [-0.15, -0.1) is 0 Å². The van der Waals surface area contributed by atoms with Gasteiger partial charge in [0.15, 0.2) is 0 Å². The Morgan fingerprint density at radius 1 is 1.41 bits per heavy atom. The first-order valence-corrected chi connectivity index (χ1v) is 6.65. The number of hydrogen-bond donors (Lipinski definition) is 1. The van der Waals surface area contributed by atoms with E-state index < -0.39 is 0 Å². The summed E-state index contributed by atoms with van der Waals surface area (Å²) in [6.45, 7) is 3.22. The average molecular weight is 274 g/mol. The molecule has 5 heteroatoms. The molecule has 1 fully saturated rings. The van der Waals surface area contributed by atoms with Gasteiger partial charge in [0.05, 0.1) is 10.0 Å². The minimum Gasteiger partial charge on any atom is -0.358 e. The van der Waals surface area contributed by atoms with Crippen LogP contribution in [0.5, 0.6) is 0 Å². The van der Waals surface area contributed by atoms with Crippen molar-refractivity contribution in [2.24, 2.45) is 5.92 Å². The zero-order valence-corrected chi connectivity index (χ0v) is 11.4. The van der Waals surface area contributed by atoms with Crippen molar-refractivity contribution in [2.45, 2.75) is 12.8 Å². The molecule has 0 amide bonds. The van der Waals surface area contributed by atoms with Gasteiger partial charge >= 0.3 is 0 Å². The highest BCUT2D eigenvalue weighted by Crippen LogP contribution is 2.26. The molecule has 0 atom stereocenters. The molecule has 3 nitrogen and oxygen atoms in total. The number of rotatable bonds is 3. The number of anilines is 1. The van der Waals surface area contributed by atoms with Crippen LogP contribution in [0.1, 0.15) is 12.8 Å². The van der Waals surface area contributed by atoms with Gasteiger partial charge in [0.2, 0.25) is 0 Å². The van der Waals surface area contributed by atoms with E-state index in [0.717, 1.165) is 31.4 Å². The summed E-state index contributed by atoms with van der Waals surface area (Å²) in [5.41, 5.74) is 0. The largest absolute Gasteiger partial charge is 0.358 e. The molecule has 0 aromatic carbocycles. The van der Waals surface area contributed by atoms with E-state index in [9.17, 15) is 0 Å². The number of halogens is 2. The molecule has 0 aliphatic carbocycles. The standard InChI is InChI=1S/C12H17Cl2N3/c1-17(8-9-2-4-15-5-3-9)12-11(14)6-10(13)7-16-12/h6-7,9,15H,2-5,8H2,1H3. The lowest BCUT2D eigenvalue weighted by Gasteiger charge is -2.28. The summed E-state index contributed by atoms with van der Waals surface area (Å²) < 4.78 is 0. The maximum atomic E-state index is 6.14. The first kappa shape index (κ1) is 12.9. The zero-order valence-electron chi connectivity index (χ0n) is 9.92. The van der Waals surface area contributed by atoms with Crippen LogP contribution in [0.25, 0.3) is 0 Å². The van der Waals surface area contributed by atoms with Gasteiger partial charge in [-0.1, -0.05) is 23.2 Å². The smallest absolute Gasteiger partial charge is 0.147 e. The Labute approximate surface area is 112 Å². The molecule has 94 valence electrons. The number of nitrogens with one attached hydrogen (secondary N) is 1. The molecule has 1 aromatic rings. The van der Waals surface area contributed by atoms with Gasteiger partial charge in [-0.3, -0.25) is 0 Å². The van der Waals surface area contributed by atoms with Crippen molar-refractivity contribution in [3.63, 3.8) is 0 Å². The van der Waals surface area contributed by atoms with Gasteiger partial charge in [0.25, 0.3) is 0 Å². The Morgan fingerprint density at radius 2 is 2.12 bits per heavy atom. The van der Waals surface area contributed by atoms with Crippen molar-refractivity contribution in [3.8, 4) is 0 Å². The Kier molecular flexibility index (Phi) is 4.48. The topological polar surface area (TPSA) is 28.2 Å². The van der Waals surface area contributed by atoms with Crippen LogP contribution in [0.4, 0.5) is 5.82 Å². The number of nitrogens with zero attached hydrogens (tertiary/aromatic N) is 2. The van der Waals surface area contributed by atoms with Gasteiger partial charge in [0.1, 0.15) is 5.82 Å². The summed E-state index contributed by atoms with van der Waals surface area (Å²) in [6.07, 6.45) is 4.08. The SMILES string of the molecule is CN(CC1CCNCC1)c1ncc(Cl)cc1Cl. The third-order valence-corrected chi connectivity index (χ3v) is 3.63. The second-order valence-corrected chi connectivity index (χ2v) is 5.38. The maximum Gasteiger partial charge on any atom is 0.147 e. The molecule has 0 unspecified atom stereocenters. The van der Waals surface area contributed by atoms with E-state index in [0.29, 0.717) is 10.0 Å². The summed E-state index contributed by atoms with van der Waals surface area (Å²) in [4.78, 5) is 6.41. The lowest BCUT2D eigenvalue weighted by molar-refractivity contribution is 0.377. The lowest BCUT2D eigenvalue weighted by atomic mass is 9.98. The second kappa shape index (κ2) is 5.89. The third kappa shape index (κ3) is 3.47. The Morgan fingerprint density at radius 3 is 2.76 bits per heavy atom. The van der Waals surface area contributed by atoms with E-state index in [2.05, 4.69) is 15.2 Å². The molecule has 17 heavy (non-hydrogen) atoms. The van der Waals surface area contributed by atoms with E-state index in [4.69, 9.17) is 23.2 Å². The van der Waals surface area contributed by atoms with Crippen LogP contribution in [0.15, 0.2) is 12.3 Å². The fourth-order valence-corrected chi connectivity index (χ4v) is 2.75. The molecule has 2 rings (SSSR count). The van der Waals surface area contributed by atoms with Crippen LogP contribution in [0.3, 0.4) is 0 Å². The fourth-order valence-electron chi connectivity index (χ4n) is 2.23. The molecule has 0 radical (unpaired) electrons. The van der Waals surface area contributed by atoms with Crippen LogP contribution in [-0.2, 0) is 0 Å². The highest BCUT2D eigenvalue weighted by Gasteiger charge is 2.17. The van der Waals surface area contributed by atoms with Gasteiger partial charge in [-0.2, -0.15) is 0 Å².